The lowest BCUT2D eigenvalue weighted by Crippen LogP contribution is -2.41. The monoisotopic (exact) mass is 274 g/mol. The van der Waals surface area contributed by atoms with E-state index in [1.54, 1.807) is 23.6 Å². The number of amides is 2. The van der Waals surface area contributed by atoms with E-state index < -0.39 is 11.4 Å². The van der Waals surface area contributed by atoms with Gasteiger partial charge in [0.1, 0.15) is 0 Å². The highest BCUT2D eigenvalue weighted by Crippen LogP contribution is 2.29. The van der Waals surface area contributed by atoms with E-state index in [2.05, 4.69) is 19.2 Å². The van der Waals surface area contributed by atoms with Crippen LogP contribution in [0.15, 0.2) is 0 Å². The van der Waals surface area contributed by atoms with Crippen LogP contribution in [0.3, 0.4) is 0 Å². The lowest BCUT2D eigenvalue weighted by Gasteiger charge is -2.20. The summed E-state index contributed by atoms with van der Waals surface area (Å²) in [6, 6.07) is -0.149. The summed E-state index contributed by atoms with van der Waals surface area (Å²) in [5.74, 6) is 0.0566. The van der Waals surface area contributed by atoms with E-state index in [1.165, 1.54) is 0 Å². The summed E-state index contributed by atoms with van der Waals surface area (Å²) < 4.78 is 0. The number of nitrogens with zero attached hydrogens (tertiary/aromatic N) is 1. The van der Waals surface area contributed by atoms with Crippen molar-refractivity contribution in [2.45, 2.75) is 32.4 Å². The zero-order chi connectivity index (χ0) is 13.8. The molecule has 1 rings (SSSR count). The van der Waals surface area contributed by atoms with E-state index in [-0.39, 0.29) is 6.03 Å². The molecule has 1 aliphatic rings. The van der Waals surface area contributed by atoms with Crippen molar-refractivity contribution in [3.63, 3.8) is 0 Å². The predicted molar refractivity (Wildman–Crippen MR) is 72.9 cm³/mol. The molecule has 1 heterocycles. The molecule has 2 amide bonds. The Balaban J connectivity index is 2.30. The van der Waals surface area contributed by atoms with Crippen LogP contribution in [0.4, 0.5) is 4.79 Å². The van der Waals surface area contributed by atoms with E-state index in [4.69, 9.17) is 5.11 Å². The van der Waals surface area contributed by atoms with Gasteiger partial charge in [0.2, 0.25) is 0 Å². The fourth-order valence-corrected chi connectivity index (χ4v) is 2.56. The van der Waals surface area contributed by atoms with E-state index in [9.17, 15) is 9.59 Å². The van der Waals surface area contributed by atoms with Gasteiger partial charge in [-0.2, -0.15) is 11.8 Å². The van der Waals surface area contributed by atoms with Crippen molar-refractivity contribution < 1.29 is 14.7 Å². The van der Waals surface area contributed by atoms with Crippen LogP contribution < -0.4 is 5.32 Å². The maximum atomic E-state index is 11.8. The van der Waals surface area contributed by atoms with Gasteiger partial charge in [-0.3, -0.25) is 4.79 Å². The molecule has 2 N–H and O–H groups in total. The van der Waals surface area contributed by atoms with Crippen molar-refractivity contribution >= 4 is 23.8 Å². The van der Waals surface area contributed by atoms with Crippen LogP contribution in [0.5, 0.6) is 0 Å². The zero-order valence-electron chi connectivity index (χ0n) is 11.2. The van der Waals surface area contributed by atoms with Crippen LogP contribution in [-0.4, -0.2) is 52.6 Å². The molecule has 0 aliphatic carbocycles. The number of carbonyl (C=O) groups excluding carboxylic acids is 1. The average Bonchev–Trinajstić information content (AvgIpc) is 2.68. The van der Waals surface area contributed by atoms with Crippen molar-refractivity contribution in [3.8, 4) is 0 Å². The number of carbonyl (C=O) groups is 2. The molecule has 0 spiro atoms. The van der Waals surface area contributed by atoms with Gasteiger partial charge in [-0.25, -0.2) is 4.79 Å². The maximum Gasteiger partial charge on any atom is 0.317 e. The van der Waals surface area contributed by atoms with Gasteiger partial charge in [0.05, 0.1) is 5.41 Å². The van der Waals surface area contributed by atoms with Crippen molar-refractivity contribution in [1.29, 1.82) is 0 Å². The largest absolute Gasteiger partial charge is 0.481 e. The summed E-state index contributed by atoms with van der Waals surface area (Å²) in [4.78, 5) is 24.5. The van der Waals surface area contributed by atoms with Crippen LogP contribution in [0.1, 0.15) is 27.2 Å². The van der Waals surface area contributed by atoms with Crippen LogP contribution in [-0.2, 0) is 4.79 Å². The third-order valence-electron chi connectivity index (χ3n) is 3.11. The second-order valence-corrected chi connectivity index (χ2v) is 6.87. The van der Waals surface area contributed by atoms with Gasteiger partial charge in [0, 0.05) is 25.4 Å². The SMILES string of the molecule is CC(C)SCCNC(=O)N1CCC(C)(C(=O)O)C1. The number of carboxylic acids is 1. The number of hydrogen-bond donors (Lipinski definition) is 2. The van der Waals surface area contributed by atoms with Crippen molar-refractivity contribution in [1.82, 2.24) is 10.2 Å². The number of hydrogen-bond acceptors (Lipinski definition) is 3. The Hall–Kier alpha value is -0.910. The molecule has 1 fully saturated rings. The Bertz CT molecular complexity index is 322. The molecule has 1 aliphatic heterocycles. The Morgan fingerprint density at radius 3 is 2.67 bits per heavy atom. The van der Waals surface area contributed by atoms with Crippen LogP contribution in [0, 0.1) is 5.41 Å². The molecule has 0 saturated carbocycles. The van der Waals surface area contributed by atoms with Gasteiger partial charge >= 0.3 is 12.0 Å². The lowest BCUT2D eigenvalue weighted by molar-refractivity contribution is -0.146. The molecule has 0 aromatic heterocycles. The second kappa shape index (κ2) is 6.31. The van der Waals surface area contributed by atoms with Gasteiger partial charge in [-0.15, -0.1) is 0 Å². The van der Waals surface area contributed by atoms with Gasteiger partial charge in [0.15, 0.2) is 0 Å². The molecule has 104 valence electrons. The van der Waals surface area contributed by atoms with Crippen molar-refractivity contribution in [2.75, 3.05) is 25.4 Å². The van der Waals surface area contributed by atoms with E-state index >= 15 is 0 Å². The number of likely N-dealkylation sites (tertiary alicyclic amines) is 1. The first-order valence-corrected chi connectivity index (χ1v) is 7.28. The van der Waals surface area contributed by atoms with E-state index in [1.807, 2.05) is 0 Å². The average molecular weight is 274 g/mol. The highest BCUT2D eigenvalue weighted by molar-refractivity contribution is 7.99. The molecule has 1 saturated heterocycles. The molecule has 6 heteroatoms. The highest BCUT2D eigenvalue weighted by Gasteiger charge is 2.42. The third-order valence-corrected chi connectivity index (χ3v) is 4.21. The minimum absolute atomic E-state index is 0.149. The second-order valence-electron chi connectivity index (χ2n) is 5.19. The lowest BCUT2D eigenvalue weighted by atomic mass is 9.90. The van der Waals surface area contributed by atoms with Gasteiger partial charge in [0.25, 0.3) is 0 Å². The van der Waals surface area contributed by atoms with E-state index in [0.717, 1.165) is 5.75 Å². The quantitative estimate of drug-likeness (QED) is 0.748. The summed E-state index contributed by atoms with van der Waals surface area (Å²) in [5.41, 5.74) is -0.788. The molecular formula is C12H22N2O3S. The fraction of sp³-hybridized carbons (Fsp3) is 0.833. The minimum Gasteiger partial charge on any atom is -0.481 e. The molecule has 0 aromatic carbocycles. The van der Waals surface area contributed by atoms with Crippen LogP contribution in [0.2, 0.25) is 0 Å². The number of carboxylic acid groups (broad SMARTS) is 1. The Morgan fingerprint density at radius 1 is 1.50 bits per heavy atom. The first-order valence-electron chi connectivity index (χ1n) is 6.23. The molecule has 5 nitrogen and oxygen atoms in total. The van der Waals surface area contributed by atoms with Gasteiger partial charge < -0.3 is 15.3 Å². The smallest absolute Gasteiger partial charge is 0.317 e. The number of urea groups is 1. The van der Waals surface area contributed by atoms with Crippen molar-refractivity contribution in [2.24, 2.45) is 5.41 Å². The number of nitrogens with one attached hydrogen (secondary N) is 1. The first-order chi connectivity index (χ1) is 8.35. The van der Waals surface area contributed by atoms with Crippen molar-refractivity contribution in [3.05, 3.63) is 0 Å². The Labute approximate surface area is 112 Å². The fourth-order valence-electron chi connectivity index (χ4n) is 1.87. The third kappa shape index (κ3) is 4.08. The highest BCUT2D eigenvalue weighted by atomic mass is 32.2. The zero-order valence-corrected chi connectivity index (χ0v) is 12.0. The molecule has 1 atom stereocenters. The van der Waals surface area contributed by atoms with E-state index in [0.29, 0.717) is 31.3 Å². The van der Waals surface area contributed by atoms with Gasteiger partial charge in [-0.05, 0) is 18.6 Å². The molecule has 0 aromatic rings. The minimum atomic E-state index is -0.826. The summed E-state index contributed by atoms with van der Waals surface area (Å²) in [7, 11) is 0. The number of rotatable bonds is 5. The summed E-state index contributed by atoms with van der Waals surface area (Å²) in [6.45, 7) is 7.37. The topological polar surface area (TPSA) is 69.6 Å². The Morgan fingerprint density at radius 2 is 2.17 bits per heavy atom. The number of aliphatic carboxylic acids is 1. The maximum absolute atomic E-state index is 11.8. The summed E-state index contributed by atoms with van der Waals surface area (Å²) in [6.07, 6.45) is 0.524. The first kappa shape index (κ1) is 15.1. The molecule has 1 unspecified atom stereocenters. The molecule has 0 bridgehead atoms. The van der Waals surface area contributed by atoms with Crippen LogP contribution in [0.25, 0.3) is 0 Å². The predicted octanol–water partition coefficient (Wildman–Crippen LogP) is 1.63. The molecule has 0 radical (unpaired) electrons. The Kier molecular flexibility index (Phi) is 5.31. The standard InChI is InChI=1S/C12H22N2O3S/c1-9(2)18-7-5-13-11(17)14-6-4-12(3,8-14)10(15)16/h9H,4-8H2,1-3H3,(H,13,17)(H,15,16). The van der Waals surface area contributed by atoms with Gasteiger partial charge in [-0.1, -0.05) is 13.8 Å². The summed E-state index contributed by atoms with van der Waals surface area (Å²) in [5, 5.41) is 12.5. The molecular weight excluding hydrogens is 252 g/mol. The van der Waals surface area contributed by atoms with Crippen LogP contribution >= 0.6 is 11.8 Å². The molecule has 18 heavy (non-hydrogen) atoms. The summed E-state index contributed by atoms with van der Waals surface area (Å²) >= 11 is 1.79. The number of thioether (sulfide) groups is 1. The normalized spacial score (nSPS) is 23.4.